The molecule has 160 valence electrons. The van der Waals surface area contributed by atoms with Crippen LogP contribution in [0.4, 0.5) is 21.7 Å². The maximum Gasteiger partial charge on any atom is 0.225 e. The Morgan fingerprint density at radius 3 is 2.17 bits per heavy atom. The first-order valence-corrected chi connectivity index (χ1v) is 10.3. The SMILES string of the molecule is CC(=O)N1CCN(c2ncc(N3CCN(c4cccc(CO)c4F)CC3)cn2)CC1. The number of carbonyl (C=O) groups is 1. The maximum atomic E-state index is 14.5. The van der Waals surface area contributed by atoms with Gasteiger partial charge in [-0.25, -0.2) is 14.4 Å². The number of halogens is 1. The average molecular weight is 414 g/mol. The van der Waals surface area contributed by atoms with Crippen LogP contribution < -0.4 is 14.7 Å². The lowest BCUT2D eigenvalue weighted by molar-refractivity contribution is -0.129. The molecule has 0 unspecified atom stereocenters. The molecule has 1 aromatic heterocycles. The van der Waals surface area contributed by atoms with Crippen LogP contribution in [0.3, 0.4) is 0 Å². The van der Waals surface area contributed by atoms with Crippen molar-refractivity contribution in [2.24, 2.45) is 0 Å². The monoisotopic (exact) mass is 414 g/mol. The quantitative estimate of drug-likeness (QED) is 0.803. The van der Waals surface area contributed by atoms with E-state index in [1.165, 1.54) is 0 Å². The molecule has 3 heterocycles. The van der Waals surface area contributed by atoms with Gasteiger partial charge in [0.05, 0.1) is 30.4 Å². The number of hydrogen-bond acceptors (Lipinski definition) is 7. The van der Waals surface area contributed by atoms with Crippen molar-refractivity contribution in [1.29, 1.82) is 0 Å². The summed E-state index contributed by atoms with van der Waals surface area (Å²) in [6, 6.07) is 5.14. The number of rotatable bonds is 4. The van der Waals surface area contributed by atoms with E-state index < -0.39 is 0 Å². The lowest BCUT2D eigenvalue weighted by Gasteiger charge is -2.37. The van der Waals surface area contributed by atoms with Crippen molar-refractivity contribution >= 4 is 23.2 Å². The molecule has 1 aromatic carbocycles. The van der Waals surface area contributed by atoms with Crippen molar-refractivity contribution in [3.05, 3.63) is 42.0 Å². The molecule has 0 aliphatic carbocycles. The lowest BCUT2D eigenvalue weighted by Crippen LogP contribution is -2.48. The van der Waals surface area contributed by atoms with E-state index >= 15 is 0 Å². The Morgan fingerprint density at radius 1 is 0.967 bits per heavy atom. The normalized spacial score (nSPS) is 17.4. The Balaban J connectivity index is 1.35. The second-order valence-corrected chi connectivity index (χ2v) is 7.62. The van der Waals surface area contributed by atoms with E-state index in [2.05, 4.69) is 19.8 Å². The second-order valence-electron chi connectivity index (χ2n) is 7.62. The van der Waals surface area contributed by atoms with Crippen molar-refractivity contribution in [2.45, 2.75) is 13.5 Å². The summed E-state index contributed by atoms with van der Waals surface area (Å²) >= 11 is 0. The summed E-state index contributed by atoms with van der Waals surface area (Å²) in [5, 5.41) is 9.28. The van der Waals surface area contributed by atoms with E-state index in [1.807, 2.05) is 22.2 Å². The van der Waals surface area contributed by atoms with Crippen LogP contribution in [0, 0.1) is 5.82 Å². The highest BCUT2D eigenvalue weighted by Crippen LogP contribution is 2.25. The number of aromatic nitrogens is 2. The van der Waals surface area contributed by atoms with Crippen LogP contribution in [0.2, 0.25) is 0 Å². The summed E-state index contributed by atoms with van der Waals surface area (Å²) in [5.74, 6) is 0.447. The molecule has 0 saturated carbocycles. The highest BCUT2D eigenvalue weighted by Gasteiger charge is 2.23. The average Bonchev–Trinajstić information content (AvgIpc) is 2.79. The van der Waals surface area contributed by atoms with Crippen molar-refractivity contribution in [2.75, 3.05) is 67.1 Å². The highest BCUT2D eigenvalue weighted by atomic mass is 19.1. The van der Waals surface area contributed by atoms with E-state index in [0.717, 1.165) is 31.9 Å². The van der Waals surface area contributed by atoms with Gasteiger partial charge >= 0.3 is 0 Å². The van der Waals surface area contributed by atoms with Gasteiger partial charge < -0.3 is 24.7 Å². The summed E-state index contributed by atoms with van der Waals surface area (Å²) in [6.07, 6.45) is 3.67. The number of anilines is 3. The first-order valence-electron chi connectivity index (χ1n) is 10.3. The first kappa shape index (κ1) is 20.3. The summed E-state index contributed by atoms with van der Waals surface area (Å²) in [5.41, 5.74) is 1.81. The summed E-state index contributed by atoms with van der Waals surface area (Å²) in [7, 11) is 0. The number of aliphatic hydroxyl groups excluding tert-OH is 1. The van der Waals surface area contributed by atoms with Gasteiger partial charge in [0.2, 0.25) is 11.9 Å². The van der Waals surface area contributed by atoms with Gasteiger partial charge in [0, 0.05) is 64.8 Å². The van der Waals surface area contributed by atoms with Crippen LogP contribution in [0.1, 0.15) is 12.5 Å². The first-order chi connectivity index (χ1) is 14.6. The third-order valence-electron chi connectivity index (χ3n) is 5.85. The van der Waals surface area contributed by atoms with Gasteiger partial charge in [-0.05, 0) is 6.07 Å². The summed E-state index contributed by atoms with van der Waals surface area (Å²) in [6.45, 7) is 6.98. The molecule has 1 N–H and O–H groups in total. The highest BCUT2D eigenvalue weighted by molar-refractivity contribution is 5.73. The molecule has 8 nitrogen and oxygen atoms in total. The van der Waals surface area contributed by atoms with Gasteiger partial charge in [-0.2, -0.15) is 0 Å². The number of carbonyl (C=O) groups excluding carboxylic acids is 1. The van der Waals surface area contributed by atoms with Crippen molar-refractivity contribution in [1.82, 2.24) is 14.9 Å². The smallest absolute Gasteiger partial charge is 0.225 e. The zero-order valence-electron chi connectivity index (χ0n) is 17.2. The Kier molecular flexibility index (Phi) is 5.98. The number of piperazine rings is 2. The van der Waals surface area contributed by atoms with Gasteiger partial charge in [0.15, 0.2) is 5.82 Å². The van der Waals surface area contributed by atoms with Crippen LogP contribution in [-0.4, -0.2) is 78.2 Å². The van der Waals surface area contributed by atoms with Crippen LogP contribution in [0.5, 0.6) is 0 Å². The van der Waals surface area contributed by atoms with Crippen molar-refractivity contribution < 1.29 is 14.3 Å². The molecule has 0 radical (unpaired) electrons. The molecule has 2 fully saturated rings. The molecule has 1 amide bonds. The minimum atomic E-state index is -0.342. The topological polar surface area (TPSA) is 76.0 Å². The Labute approximate surface area is 175 Å². The van der Waals surface area contributed by atoms with Crippen LogP contribution in [0.15, 0.2) is 30.6 Å². The number of aliphatic hydroxyl groups is 1. The number of nitrogens with zero attached hydrogens (tertiary/aromatic N) is 6. The van der Waals surface area contributed by atoms with Gasteiger partial charge in [-0.1, -0.05) is 12.1 Å². The van der Waals surface area contributed by atoms with E-state index in [1.54, 1.807) is 25.1 Å². The molecule has 2 aliphatic rings. The fourth-order valence-corrected chi connectivity index (χ4v) is 4.00. The third kappa shape index (κ3) is 4.16. The summed E-state index contributed by atoms with van der Waals surface area (Å²) < 4.78 is 14.5. The molecule has 30 heavy (non-hydrogen) atoms. The molecule has 2 aromatic rings. The fourth-order valence-electron chi connectivity index (χ4n) is 4.00. The number of hydrogen-bond donors (Lipinski definition) is 1. The van der Waals surface area contributed by atoms with Gasteiger partial charge in [-0.3, -0.25) is 4.79 Å². The fraction of sp³-hybridized carbons (Fsp3) is 0.476. The molecular weight excluding hydrogens is 387 g/mol. The van der Waals surface area contributed by atoms with Crippen LogP contribution in [-0.2, 0) is 11.4 Å². The molecule has 0 bridgehead atoms. The van der Waals surface area contributed by atoms with E-state index in [-0.39, 0.29) is 18.3 Å². The molecule has 0 atom stereocenters. The number of benzene rings is 1. The molecule has 0 spiro atoms. The molecule has 2 saturated heterocycles. The van der Waals surface area contributed by atoms with Gasteiger partial charge in [-0.15, -0.1) is 0 Å². The summed E-state index contributed by atoms with van der Waals surface area (Å²) in [4.78, 5) is 28.7. The van der Waals surface area contributed by atoms with Gasteiger partial charge in [0.1, 0.15) is 0 Å². The van der Waals surface area contributed by atoms with Gasteiger partial charge in [0.25, 0.3) is 0 Å². The molecule has 2 aliphatic heterocycles. The second kappa shape index (κ2) is 8.83. The Bertz CT molecular complexity index is 878. The maximum absolute atomic E-state index is 14.5. The van der Waals surface area contributed by atoms with Crippen molar-refractivity contribution in [3.8, 4) is 0 Å². The Hall–Kier alpha value is -2.94. The number of amides is 1. The van der Waals surface area contributed by atoms with Crippen LogP contribution in [0.25, 0.3) is 0 Å². The lowest BCUT2D eigenvalue weighted by atomic mass is 10.1. The predicted octanol–water partition coefficient (Wildman–Crippen LogP) is 1.10. The van der Waals surface area contributed by atoms with Crippen LogP contribution >= 0.6 is 0 Å². The molecular formula is C21H27FN6O2. The van der Waals surface area contributed by atoms with Crippen molar-refractivity contribution in [3.63, 3.8) is 0 Å². The molecule has 4 rings (SSSR count). The largest absolute Gasteiger partial charge is 0.392 e. The predicted molar refractivity (Wildman–Crippen MR) is 113 cm³/mol. The molecule has 9 heteroatoms. The Morgan fingerprint density at radius 2 is 1.57 bits per heavy atom. The zero-order chi connectivity index (χ0) is 21.1. The van der Waals surface area contributed by atoms with E-state index in [9.17, 15) is 14.3 Å². The van der Waals surface area contributed by atoms with E-state index in [0.29, 0.717) is 43.4 Å². The standard InChI is InChI=1S/C21H27FN6O2/c1-16(30)25-5-11-28(12-6-25)21-23-13-18(14-24-21)26-7-9-27(10-8-26)19-4-2-3-17(15-29)20(19)22/h2-4,13-14,29H,5-12,15H2,1H3. The zero-order valence-corrected chi connectivity index (χ0v) is 17.2. The minimum absolute atomic E-state index is 0.105. The minimum Gasteiger partial charge on any atom is -0.392 e. The van der Waals surface area contributed by atoms with E-state index in [4.69, 9.17) is 0 Å². The third-order valence-corrected chi connectivity index (χ3v) is 5.85.